The Balaban J connectivity index is 3.15. The molecular formula is C8H6F5NO. The Hall–Kier alpha value is -1.53. The molecule has 0 amide bonds. The van der Waals surface area contributed by atoms with Crippen molar-refractivity contribution in [2.75, 3.05) is 5.73 Å². The highest BCUT2D eigenvalue weighted by Gasteiger charge is 2.35. The Morgan fingerprint density at radius 1 is 1.20 bits per heavy atom. The number of nitrogens with two attached hydrogens (primary N) is 1. The predicted octanol–water partition coefficient (Wildman–Crippen LogP) is 2.89. The van der Waals surface area contributed by atoms with E-state index in [0.29, 0.717) is 12.1 Å². The van der Waals surface area contributed by atoms with E-state index in [4.69, 9.17) is 5.73 Å². The van der Waals surface area contributed by atoms with E-state index in [1.165, 1.54) is 0 Å². The zero-order valence-corrected chi connectivity index (χ0v) is 7.18. The highest BCUT2D eigenvalue weighted by atomic mass is 19.4. The normalized spacial score (nSPS) is 11.9. The van der Waals surface area contributed by atoms with Gasteiger partial charge in [0, 0.05) is 11.8 Å². The number of anilines is 1. The van der Waals surface area contributed by atoms with Crippen LogP contribution in [0.3, 0.4) is 0 Å². The molecule has 0 spiro atoms. The molecule has 0 aliphatic rings. The van der Waals surface area contributed by atoms with Gasteiger partial charge in [0.1, 0.15) is 5.75 Å². The van der Waals surface area contributed by atoms with Gasteiger partial charge in [-0.2, -0.15) is 22.0 Å². The highest BCUT2D eigenvalue weighted by Crippen LogP contribution is 2.37. The molecule has 0 radical (unpaired) electrons. The average Bonchev–Trinajstić information content (AvgIpc) is 1.99. The standard InChI is InChI=1S/C8H6F5NO/c9-7(10)15-6-3-4(14)1-2-5(6)8(11,12)13/h1-3,7H,14H2. The van der Waals surface area contributed by atoms with Crippen LogP contribution in [-0.4, -0.2) is 6.61 Å². The van der Waals surface area contributed by atoms with Crippen LogP contribution in [0.1, 0.15) is 5.56 Å². The zero-order valence-electron chi connectivity index (χ0n) is 7.18. The molecule has 1 aromatic rings. The van der Waals surface area contributed by atoms with Gasteiger partial charge in [-0.25, -0.2) is 0 Å². The van der Waals surface area contributed by atoms with E-state index in [2.05, 4.69) is 4.74 Å². The van der Waals surface area contributed by atoms with E-state index in [0.717, 1.165) is 6.07 Å². The van der Waals surface area contributed by atoms with E-state index in [9.17, 15) is 22.0 Å². The second-order valence-electron chi connectivity index (χ2n) is 2.63. The smallest absolute Gasteiger partial charge is 0.419 e. The van der Waals surface area contributed by atoms with Gasteiger partial charge in [0.2, 0.25) is 0 Å². The summed E-state index contributed by atoms with van der Waals surface area (Å²) < 4.78 is 64.1. The van der Waals surface area contributed by atoms with Gasteiger partial charge in [-0.05, 0) is 12.1 Å². The summed E-state index contributed by atoms with van der Waals surface area (Å²) in [6, 6.07) is 2.25. The maximum absolute atomic E-state index is 12.3. The third-order valence-corrected chi connectivity index (χ3v) is 1.53. The molecule has 84 valence electrons. The lowest BCUT2D eigenvalue weighted by atomic mass is 10.2. The number of hydrogen-bond donors (Lipinski definition) is 1. The van der Waals surface area contributed by atoms with Crippen molar-refractivity contribution in [3.05, 3.63) is 23.8 Å². The fourth-order valence-corrected chi connectivity index (χ4v) is 0.967. The average molecular weight is 227 g/mol. The Morgan fingerprint density at radius 3 is 2.27 bits per heavy atom. The predicted molar refractivity (Wildman–Crippen MR) is 42.5 cm³/mol. The summed E-state index contributed by atoms with van der Waals surface area (Å²) >= 11 is 0. The zero-order chi connectivity index (χ0) is 11.6. The van der Waals surface area contributed by atoms with Gasteiger partial charge in [0.25, 0.3) is 0 Å². The fraction of sp³-hybridized carbons (Fsp3) is 0.250. The molecule has 2 nitrogen and oxygen atoms in total. The summed E-state index contributed by atoms with van der Waals surface area (Å²) in [5.74, 6) is -0.975. The molecule has 15 heavy (non-hydrogen) atoms. The van der Waals surface area contributed by atoms with Crippen molar-refractivity contribution in [1.82, 2.24) is 0 Å². The van der Waals surface area contributed by atoms with Crippen molar-refractivity contribution >= 4 is 5.69 Å². The summed E-state index contributed by atoms with van der Waals surface area (Å²) in [5.41, 5.74) is 3.79. The van der Waals surface area contributed by atoms with Gasteiger partial charge in [-0.1, -0.05) is 0 Å². The third kappa shape index (κ3) is 2.97. The van der Waals surface area contributed by atoms with Gasteiger partial charge < -0.3 is 10.5 Å². The summed E-state index contributed by atoms with van der Waals surface area (Å²) in [5, 5.41) is 0. The quantitative estimate of drug-likeness (QED) is 0.622. The number of halogens is 5. The Labute approximate surface area is 81.4 Å². The lowest BCUT2D eigenvalue weighted by molar-refractivity contribution is -0.141. The molecule has 0 heterocycles. The maximum atomic E-state index is 12.3. The van der Waals surface area contributed by atoms with E-state index in [1.54, 1.807) is 0 Å². The Morgan fingerprint density at radius 2 is 1.80 bits per heavy atom. The SMILES string of the molecule is Nc1ccc(C(F)(F)F)c(OC(F)F)c1. The first-order chi connectivity index (χ1) is 6.80. The highest BCUT2D eigenvalue weighted by molar-refractivity contribution is 5.49. The molecule has 7 heteroatoms. The second-order valence-corrected chi connectivity index (χ2v) is 2.63. The molecule has 0 saturated heterocycles. The van der Waals surface area contributed by atoms with E-state index in [-0.39, 0.29) is 5.69 Å². The van der Waals surface area contributed by atoms with Crippen LogP contribution in [0.5, 0.6) is 5.75 Å². The molecule has 0 unspecified atom stereocenters. The van der Waals surface area contributed by atoms with Gasteiger partial charge in [-0.3, -0.25) is 0 Å². The fourth-order valence-electron chi connectivity index (χ4n) is 0.967. The first kappa shape index (κ1) is 11.5. The summed E-state index contributed by atoms with van der Waals surface area (Å²) in [6.07, 6.45) is -4.75. The van der Waals surface area contributed by atoms with Crippen molar-refractivity contribution in [2.24, 2.45) is 0 Å². The van der Waals surface area contributed by atoms with Crippen molar-refractivity contribution in [2.45, 2.75) is 12.8 Å². The summed E-state index contributed by atoms with van der Waals surface area (Å²) in [4.78, 5) is 0. The lowest BCUT2D eigenvalue weighted by Gasteiger charge is -2.13. The molecule has 0 bridgehead atoms. The first-order valence-electron chi connectivity index (χ1n) is 3.72. The third-order valence-electron chi connectivity index (χ3n) is 1.53. The largest absolute Gasteiger partial charge is 0.434 e. The van der Waals surface area contributed by atoms with Gasteiger partial charge in [-0.15, -0.1) is 0 Å². The summed E-state index contributed by atoms with van der Waals surface area (Å²) in [7, 11) is 0. The first-order valence-corrected chi connectivity index (χ1v) is 3.72. The maximum Gasteiger partial charge on any atom is 0.419 e. The molecule has 1 aromatic carbocycles. The van der Waals surface area contributed by atoms with Crippen LogP contribution in [0, 0.1) is 0 Å². The number of hydrogen-bond acceptors (Lipinski definition) is 2. The Kier molecular flexibility index (Phi) is 3.01. The molecule has 0 saturated carbocycles. The van der Waals surface area contributed by atoms with E-state index >= 15 is 0 Å². The topological polar surface area (TPSA) is 35.2 Å². The van der Waals surface area contributed by atoms with Crippen LogP contribution in [0.15, 0.2) is 18.2 Å². The minimum atomic E-state index is -4.75. The van der Waals surface area contributed by atoms with Crippen molar-refractivity contribution in [3.8, 4) is 5.75 Å². The molecule has 0 aliphatic carbocycles. The molecule has 1 rings (SSSR count). The number of rotatable bonds is 2. The minimum absolute atomic E-state index is 0.0846. The minimum Gasteiger partial charge on any atom is -0.434 e. The number of alkyl halides is 5. The molecule has 0 aromatic heterocycles. The lowest BCUT2D eigenvalue weighted by Crippen LogP contribution is -2.11. The molecule has 0 atom stereocenters. The van der Waals surface area contributed by atoms with Crippen molar-refractivity contribution < 1.29 is 26.7 Å². The van der Waals surface area contributed by atoms with Crippen LogP contribution >= 0.6 is 0 Å². The monoisotopic (exact) mass is 227 g/mol. The van der Waals surface area contributed by atoms with E-state index < -0.39 is 24.1 Å². The number of ether oxygens (including phenoxy) is 1. The molecule has 0 fully saturated rings. The van der Waals surface area contributed by atoms with Crippen LogP contribution in [0.25, 0.3) is 0 Å². The van der Waals surface area contributed by atoms with Gasteiger partial charge >= 0.3 is 12.8 Å². The Bertz CT molecular complexity index is 349. The molecule has 0 aliphatic heterocycles. The molecule has 2 N–H and O–H groups in total. The van der Waals surface area contributed by atoms with Crippen molar-refractivity contribution in [3.63, 3.8) is 0 Å². The van der Waals surface area contributed by atoms with E-state index in [1.807, 2.05) is 0 Å². The second kappa shape index (κ2) is 3.92. The van der Waals surface area contributed by atoms with Crippen molar-refractivity contribution in [1.29, 1.82) is 0 Å². The van der Waals surface area contributed by atoms with Crippen LogP contribution in [-0.2, 0) is 6.18 Å². The van der Waals surface area contributed by atoms with Crippen LogP contribution in [0.4, 0.5) is 27.6 Å². The van der Waals surface area contributed by atoms with Gasteiger partial charge in [0.15, 0.2) is 0 Å². The number of benzene rings is 1. The summed E-state index contributed by atoms with van der Waals surface area (Å²) in [6.45, 7) is -3.33. The van der Waals surface area contributed by atoms with Gasteiger partial charge in [0.05, 0.1) is 5.56 Å². The number of nitrogen functional groups attached to an aromatic ring is 1. The van der Waals surface area contributed by atoms with Crippen LogP contribution < -0.4 is 10.5 Å². The van der Waals surface area contributed by atoms with Crippen LogP contribution in [0.2, 0.25) is 0 Å². The molecular weight excluding hydrogens is 221 g/mol.